The topological polar surface area (TPSA) is 26.3 Å². The summed E-state index contributed by atoms with van der Waals surface area (Å²) < 4.78 is 5.48. The molecule has 0 saturated carbocycles. The third-order valence-corrected chi connectivity index (χ3v) is 3.87. The summed E-state index contributed by atoms with van der Waals surface area (Å²) in [5.41, 5.74) is 4.53. The number of hydrogen-bond donors (Lipinski definition) is 0. The molecule has 2 nitrogen and oxygen atoms in total. The highest BCUT2D eigenvalue weighted by Gasteiger charge is 2.18. The first-order chi connectivity index (χ1) is 9.17. The SMILES string of the molecule is COc1ccc(C(C)C)cc1C1=C(C=O)CCCC1. The van der Waals surface area contributed by atoms with Crippen molar-refractivity contribution < 1.29 is 9.53 Å². The summed E-state index contributed by atoms with van der Waals surface area (Å²) in [4.78, 5) is 11.3. The molecule has 102 valence electrons. The maximum absolute atomic E-state index is 11.3. The molecular weight excluding hydrogens is 236 g/mol. The van der Waals surface area contributed by atoms with Crippen LogP contribution in [0.1, 0.15) is 56.6 Å². The van der Waals surface area contributed by atoms with Gasteiger partial charge in [0.1, 0.15) is 12.0 Å². The molecular formula is C17H22O2. The van der Waals surface area contributed by atoms with Crippen LogP contribution < -0.4 is 4.74 Å². The number of ether oxygens (including phenoxy) is 1. The summed E-state index contributed by atoms with van der Waals surface area (Å²) >= 11 is 0. The molecule has 0 aliphatic heterocycles. The van der Waals surface area contributed by atoms with Crippen LogP contribution in [0, 0.1) is 0 Å². The van der Waals surface area contributed by atoms with Crippen molar-refractivity contribution in [1.82, 2.24) is 0 Å². The standard InChI is InChI=1S/C17H22O2/c1-12(2)13-8-9-17(19-3)16(10-13)15-7-5-4-6-14(15)11-18/h8-12H,4-7H2,1-3H3. The highest BCUT2D eigenvalue weighted by Crippen LogP contribution is 2.37. The normalized spacial score (nSPS) is 15.8. The summed E-state index contributed by atoms with van der Waals surface area (Å²) in [6, 6.07) is 6.32. The van der Waals surface area contributed by atoms with E-state index >= 15 is 0 Å². The van der Waals surface area contributed by atoms with Crippen LogP contribution in [0.4, 0.5) is 0 Å². The number of aldehydes is 1. The van der Waals surface area contributed by atoms with E-state index < -0.39 is 0 Å². The van der Waals surface area contributed by atoms with E-state index in [0.29, 0.717) is 5.92 Å². The van der Waals surface area contributed by atoms with Crippen molar-refractivity contribution in [1.29, 1.82) is 0 Å². The Labute approximate surface area is 115 Å². The Balaban J connectivity index is 2.55. The second-order valence-electron chi connectivity index (χ2n) is 5.44. The van der Waals surface area contributed by atoms with Crippen molar-refractivity contribution in [3.8, 4) is 5.75 Å². The first kappa shape index (κ1) is 13.9. The molecule has 0 amide bonds. The average Bonchev–Trinajstić information content (AvgIpc) is 2.46. The Morgan fingerprint density at radius 3 is 2.58 bits per heavy atom. The highest BCUT2D eigenvalue weighted by atomic mass is 16.5. The number of carbonyl (C=O) groups excluding carboxylic acids is 1. The smallest absolute Gasteiger partial charge is 0.146 e. The van der Waals surface area contributed by atoms with E-state index in [9.17, 15) is 4.79 Å². The quantitative estimate of drug-likeness (QED) is 0.751. The zero-order valence-electron chi connectivity index (χ0n) is 12.0. The van der Waals surface area contributed by atoms with Gasteiger partial charge < -0.3 is 4.74 Å². The third kappa shape index (κ3) is 2.89. The van der Waals surface area contributed by atoms with E-state index in [0.717, 1.165) is 48.9 Å². The first-order valence-electron chi connectivity index (χ1n) is 7.03. The number of methoxy groups -OCH3 is 1. The van der Waals surface area contributed by atoms with E-state index in [-0.39, 0.29) is 0 Å². The van der Waals surface area contributed by atoms with Crippen molar-refractivity contribution in [3.05, 3.63) is 34.9 Å². The van der Waals surface area contributed by atoms with Crippen LogP contribution in [-0.4, -0.2) is 13.4 Å². The number of benzene rings is 1. The van der Waals surface area contributed by atoms with Gasteiger partial charge in [0.25, 0.3) is 0 Å². The molecule has 0 aromatic heterocycles. The molecule has 0 heterocycles. The van der Waals surface area contributed by atoms with Crippen LogP contribution in [0.25, 0.3) is 5.57 Å². The lowest BCUT2D eigenvalue weighted by Gasteiger charge is -2.20. The van der Waals surface area contributed by atoms with Gasteiger partial charge in [0.15, 0.2) is 0 Å². The van der Waals surface area contributed by atoms with E-state index in [1.165, 1.54) is 11.1 Å². The molecule has 0 bridgehead atoms. The van der Waals surface area contributed by atoms with Gasteiger partial charge in [-0.05, 0) is 60.4 Å². The molecule has 2 rings (SSSR count). The molecule has 1 aromatic carbocycles. The Morgan fingerprint density at radius 2 is 1.95 bits per heavy atom. The zero-order chi connectivity index (χ0) is 13.8. The van der Waals surface area contributed by atoms with Crippen LogP contribution in [0.3, 0.4) is 0 Å². The molecule has 0 N–H and O–H groups in total. The maximum Gasteiger partial charge on any atom is 0.146 e. The highest BCUT2D eigenvalue weighted by molar-refractivity contribution is 5.90. The molecule has 0 fully saturated rings. The fraction of sp³-hybridized carbons (Fsp3) is 0.471. The van der Waals surface area contributed by atoms with Gasteiger partial charge in [0, 0.05) is 5.56 Å². The molecule has 1 aliphatic carbocycles. The summed E-state index contributed by atoms with van der Waals surface area (Å²) in [6.45, 7) is 4.36. The number of allylic oxidation sites excluding steroid dienone is 2. The minimum absolute atomic E-state index is 0.480. The largest absolute Gasteiger partial charge is 0.496 e. The Kier molecular flexibility index (Phi) is 4.41. The Bertz CT molecular complexity index is 498. The van der Waals surface area contributed by atoms with Crippen molar-refractivity contribution in [2.75, 3.05) is 7.11 Å². The average molecular weight is 258 g/mol. The van der Waals surface area contributed by atoms with Gasteiger partial charge in [0.2, 0.25) is 0 Å². The predicted octanol–water partition coefficient (Wildman–Crippen LogP) is 4.35. The van der Waals surface area contributed by atoms with Gasteiger partial charge in [0.05, 0.1) is 7.11 Å². The molecule has 1 aliphatic rings. The second kappa shape index (κ2) is 6.05. The predicted molar refractivity (Wildman–Crippen MR) is 78.5 cm³/mol. The number of carbonyl (C=O) groups is 1. The lowest BCUT2D eigenvalue weighted by molar-refractivity contribution is -0.105. The number of hydrogen-bond acceptors (Lipinski definition) is 2. The summed E-state index contributed by atoms with van der Waals surface area (Å²) in [5, 5.41) is 0. The van der Waals surface area contributed by atoms with Crippen LogP contribution >= 0.6 is 0 Å². The minimum atomic E-state index is 0.480. The second-order valence-corrected chi connectivity index (χ2v) is 5.44. The lowest BCUT2D eigenvalue weighted by atomic mass is 9.86. The maximum atomic E-state index is 11.3. The number of rotatable bonds is 4. The van der Waals surface area contributed by atoms with Crippen LogP contribution in [-0.2, 0) is 4.79 Å². The van der Waals surface area contributed by atoms with Gasteiger partial charge in [-0.3, -0.25) is 4.79 Å². The molecule has 1 aromatic rings. The summed E-state index contributed by atoms with van der Waals surface area (Å²) in [6.07, 6.45) is 5.17. The molecule has 2 heteroatoms. The third-order valence-electron chi connectivity index (χ3n) is 3.87. The van der Waals surface area contributed by atoms with E-state index in [4.69, 9.17) is 4.74 Å². The fourth-order valence-electron chi connectivity index (χ4n) is 2.69. The van der Waals surface area contributed by atoms with Gasteiger partial charge >= 0.3 is 0 Å². The van der Waals surface area contributed by atoms with Crippen molar-refractivity contribution in [2.24, 2.45) is 0 Å². The first-order valence-corrected chi connectivity index (χ1v) is 7.03. The molecule has 0 unspecified atom stereocenters. The fourth-order valence-corrected chi connectivity index (χ4v) is 2.69. The van der Waals surface area contributed by atoms with Gasteiger partial charge in [-0.2, -0.15) is 0 Å². The van der Waals surface area contributed by atoms with Gasteiger partial charge in [-0.15, -0.1) is 0 Å². The van der Waals surface area contributed by atoms with E-state index in [2.05, 4.69) is 26.0 Å². The monoisotopic (exact) mass is 258 g/mol. The summed E-state index contributed by atoms with van der Waals surface area (Å²) in [5.74, 6) is 1.36. The van der Waals surface area contributed by atoms with Crippen LogP contribution in [0.15, 0.2) is 23.8 Å². The van der Waals surface area contributed by atoms with Gasteiger partial charge in [-0.25, -0.2) is 0 Å². The van der Waals surface area contributed by atoms with Crippen LogP contribution in [0.5, 0.6) is 5.75 Å². The Hall–Kier alpha value is -1.57. The van der Waals surface area contributed by atoms with Crippen LogP contribution in [0.2, 0.25) is 0 Å². The molecule has 19 heavy (non-hydrogen) atoms. The Morgan fingerprint density at radius 1 is 1.21 bits per heavy atom. The molecule has 0 radical (unpaired) electrons. The minimum Gasteiger partial charge on any atom is -0.496 e. The van der Waals surface area contributed by atoms with E-state index in [1.54, 1.807) is 7.11 Å². The molecule has 0 atom stereocenters. The molecule has 0 spiro atoms. The van der Waals surface area contributed by atoms with Crippen molar-refractivity contribution >= 4 is 11.9 Å². The lowest BCUT2D eigenvalue weighted by Crippen LogP contribution is -2.03. The van der Waals surface area contributed by atoms with Gasteiger partial charge in [-0.1, -0.05) is 19.9 Å². The summed E-state index contributed by atoms with van der Waals surface area (Å²) in [7, 11) is 1.69. The van der Waals surface area contributed by atoms with Crippen molar-refractivity contribution in [3.63, 3.8) is 0 Å². The van der Waals surface area contributed by atoms with Crippen molar-refractivity contribution in [2.45, 2.75) is 45.4 Å². The van der Waals surface area contributed by atoms with E-state index in [1.807, 2.05) is 6.07 Å². The zero-order valence-corrected chi connectivity index (χ0v) is 12.0. The molecule has 0 saturated heterocycles.